The first kappa shape index (κ1) is 24.2. The number of aliphatic hydroxyl groups is 6. The minimum atomic E-state index is -5.41. The number of phosphoric acid groups is 2. The Morgan fingerprint density at radius 3 is 2.21 bits per heavy atom. The number of aliphatic hydroxyl groups excluding tert-OH is 6. The third kappa shape index (κ3) is 5.98. The van der Waals surface area contributed by atoms with E-state index in [1.54, 1.807) is 0 Å². The first-order valence-electron chi connectivity index (χ1n) is 7.85. The smallest absolute Gasteiger partial charge is 0.394 e. The topological polar surface area (TPSA) is 242 Å². The normalized spacial score (nSPS) is 41.5. The summed E-state index contributed by atoms with van der Waals surface area (Å²) in [6.45, 7) is -1.90. The van der Waals surface area contributed by atoms with Gasteiger partial charge in [0.2, 0.25) is 0 Å². The molecular formula is C11H22O15P2. The molecular weight excluding hydrogens is 434 g/mol. The zero-order valence-electron chi connectivity index (χ0n) is 14.1. The number of phosphoric ester groups is 2. The monoisotopic (exact) mass is 456 g/mol. The van der Waals surface area contributed by atoms with E-state index in [-0.39, 0.29) is 6.61 Å². The van der Waals surface area contributed by atoms with Crippen LogP contribution in [0.5, 0.6) is 0 Å². The highest BCUT2D eigenvalue weighted by molar-refractivity contribution is 7.61. The molecule has 4 unspecified atom stereocenters. The first-order chi connectivity index (χ1) is 12.9. The van der Waals surface area contributed by atoms with Gasteiger partial charge in [0.1, 0.15) is 42.7 Å². The molecule has 8 N–H and O–H groups in total. The molecule has 0 aromatic heterocycles. The first-order valence-corrected chi connectivity index (χ1v) is 10.8. The van der Waals surface area contributed by atoms with Crippen LogP contribution in [-0.2, 0) is 32.0 Å². The Kier molecular flexibility index (Phi) is 8.12. The Labute approximate surface area is 157 Å². The van der Waals surface area contributed by atoms with Gasteiger partial charge in [-0.25, -0.2) is 9.13 Å². The fraction of sp³-hybridized carbons (Fsp3) is 1.00. The highest BCUT2D eigenvalue weighted by atomic mass is 31.3. The van der Waals surface area contributed by atoms with E-state index >= 15 is 0 Å². The highest BCUT2D eigenvalue weighted by Crippen LogP contribution is 2.61. The molecule has 28 heavy (non-hydrogen) atoms. The van der Waals surface area contributed by atoms with Crippen LogP contribution in [0.4, 0.5) is 0 Å². The maximum absolute atomic E-state index is 11.9. The predicted molar refractivity (Wildman–Crippen MR) is 83.3 cm³/mol. The average molecular weight is 456 g/mol. The van der Waals surface area contributed by atoms with Gasteiger partial charge in [0, 0.05) is 0 Å². The summed E-state index contributed by atoms with van der Waals surface area (Å²) in [6, 6.07) is 0. The van der Waals surface area contributed by atoms with E-state index in [9.17, 15) is 44.4 Å². The lowest BCUT2D eigenvalue weighted by atomic mass is 10.1. The number of ether oxygens (including phenoxy) is 2. The largest absolute Gasteiger partial charge is 0.483 e. The lowest BCUT2D eigenvalue weighted by Gasteiger charge is -2.22. The van der Waals surface area contributed by atoms with Crippen LogP contribution < -0.4 is 0 Å². The fourth-order valence-electron chi connectivity index (χ4n) is 2.47. The second-order valence-electron chi connectivity index (χ2n) is 6.05. The van der Waals surface area contributed by atoms with Gasteiger partial charge in [0.15, 0.2) is 6.29 Å². The molecule has 2 aliphatic rings. The summed E-state index contributed by atoms with van der Waals surface area (Å²) < 4.78 is 46.2. The van der Waals surface area contributed by atoms with Gasteiger partial charge in [0.05, 0.1) is 19.8 Å². The quantitative estimate of drug-likeness (QED) is 0.155. The van der Waals surface area contributed by atoms with Crippen molar-refractivity contribution in [3.05, 3.63) is 0 Å². The molecule has 0 aromatic rings. The lowest BCUT2D eigenvalue weighted by molar-refractivity contribution is -0.144. The maximum atomic E-state index is 11.9. The SMILES string of the molecule is O=P(O)(OC[C@H]1OCC(O)[C@H]1O)OP(=O)(O)O[C@@H]1O[C@H]([C@H](O)CO)[C@H](O)C1O. The van der Waals surface area contributed by atoms with Crippen molar-refractivity contribution >= 4 is 15.6 Å². The zero-order chi connectivity index (χ0) is 21.3. The van der Waals surface area contributed by atoms with Crippen molar-refractivity contribution in [3.8, 4) is 0 Å². The van der Waals surface area contributed by atoms with Crippen molar-refractivity contribution in [2.24, 2.45) is 0 Å². The molecule has 0 spiro atoms. The second-order valence-corrected chi connectivity index (χ2v) is 9.05. The van der Waals surface area contributed by atoms with Crippen molar-refractivity contribution in [2.75, 3.05) is 19.8 Å². The molecule has 15 nitrogen and oxygen atoms in total. The molecule has 2 saturated heterocycles. The maximum Gasteiger partial charge on any atom is 0.483 e. The van der Waals surface area contributed by atoms with Crippen LogP contribution in [0.15, 0.2) is 0 Å². The minimum Gasteiger partial charge on any atom is -0.394 e. The molecule has 0 aromatic carbocycles. The van der Waals surface area contributed by atoms with Crippen LogP contribution in [0.25, 0.3) is 0 Å². The number of rotatable bonds is 9. The van der Waals surface area contributed by atoms with Crippen LogP contribution in [-0.4, -0.2) is 109 Å². The summed E-state index contributed by atoms with van der Waals surface area (Å²) in [6.07, 6.45) is -12.9. The Morgan fingerprint density at radius 1 is 1.04 bits per heavy atom. The summed E-state index contributed by atoms with van der Waals surface area (Å²) in [5.74, 6) is 0. The number of hydrogen-bond donors (Lipinski definition) is 8. The molecule has 0 amide bonds. The second kappa shape index (κ2) is 9.39. The standard InChI is InChI=1S/C11H22O15P2/c12-1-4(13)10-8(16)9(17)11(24-10)25-28(20,21)26-27(18,19)23-3-6-7(15)5(14)2-22-6/h4-17H,1-3H2,(H,18,19)(H,20,21)/t4-,5?,6-,7-,8-,9?,10-,11+/m1/s1. The Morgan fingerprint density at radius 2 is 1.68 bits per heavy atom. The van der Waals surface area contributed by atoms with E-state index in [2.05, 4.69) is 13.4 Å². The van der Waals surface area contributed by atoms with E-state index in [4.69, 9.17) is 14.6 Å². The molecule has 10 atom stereocenters. The van der Waals surface area contributed by atoms with Crippen molar-refractivity contribution in [3.63, 3.8) is 0 Å². The van der Waals surface area contributed by atoms with Gasteiger partial charge in [-0.05, 0) is 0 Å². The summed E-state index contributed by atoms with van der Waals surface area (Å²) in [5.41, 5.74) is 0. The van der Waals surface area contributed by atoms with E-state index < -0.39 is 77.9 Å². The van der Waals surface area contributed by atoms with E-state index in [0.717, 1.165) is 0 Å². The third-order valence-electron chi connectivity index (χ3n) is 3.92. The molecule has 2 rings (SSSR count). The summed E-state index contributed by atoms with van der Waals surface area (Å²) in [7, 11) is -10.7. The van der Waals surface area contributed by atoms with Crippen LogP contribution in [0.2, 0.25) is 0 Å². The minimum absolute atomic E-state index is 0.256. The highest BCUT2D eigenvalue weighted by Gasteiger charge is 2.50. The molecule has 2 aliphatic heterocycles. The van der Waals surface area contributed by atoms with Gasteiger partial charge in [-0.15, -0.1) is 0 Å². The number of hydrogen-bond acceptors (Lipinski definition) is 13. The molecule has 2 fully saturated rings. The lowest BCUT2D eigenvalue weighted by Crippen LogP contribution is -2.40. The predicted octanol–water partition coefficient (Wildman–Crippen LogP) is -3.84. The van der Waals surface area contributed by atoms with Crippen LogP contribution in [0.1, 0.15) is 0 Å². The van der Waals surface area contributed by atoms with Gasteiger partial charge in [-0.1, -0.05) is 0 Å². The molecule has 17 heteroatoms. The fourth-order valence-corrected chi connectivity index (χ4v) is 4.62. The molecule has 0 saturated carbocycles. The van der Waals surface area contributed by atoms with Crippen molar-refractivity contribution in [1.82, 2.24) is 0 Å². The molecule has 0 aliphatic carbocycles. The van der Waals surface area contributed by atoms with Crippen LogP contribution >= 0.6 is 15.6 Å². The average Bonchev–Trinajstić information content (AvgIpc) is 3.05. The molecule has 0 radical (unpaired) electrons. The van der Waals surface area contributed by atoms with E-state index in [1.165, 1.54) is 0 Å². The van der Waals surface area contributed by atoms with Crippen LogP contribution in [0, 0.1) is 0 Å². The van der Waals surface area contributed by atoms with Crippen molar-refractivity contribution < 1.29 is 72.4 Å². The Bertz CT molecular complexity index is 617. The van der Waals surface area contributed by atoms with E-state index in [0.29, 0.717) is 0 Å². The van der Waals surface area contributed by atoms with Gasteiger partial charge in [-0.3, -0.25) is 9.05 Å². The molecule has 166 valence electrons. The Balaban J connectivity index is 1.91. The van der Waals surface area contributed by atoms with Crippen molar-refractivity contribution in [2.45, 2.75) is 49.0 Å². The molecule has 0 bridgehead atoms. The van der Waals surface area contributed by atoms with Crippen LogP contribution in [0.3, 0.4) is 0 Å². The van der Waals surface area contributed by atoms with Gasteiger partial charge >= 0.3 is 15.6 Å². The third-order valence-corrected chi connectivity index (χ3v) is 6.52. The molecule has 2 heterocycles. The summed E-state index contributed by atoms with van der Waals surface area (Å²) in [4.78, 5) is 19.1. The summed E-state index contributed by atoms with van der Waals surface area (Å²) >= 11 is 0. The van der Waals surface area contributed by atoms with Gasteiger partial charge in [-0.2, -0.15) is 4.31 Å². The van der Waals surface area contributed by atoms with Gasteiger partial charge in [0.25, 0.3) is 0 Å². The van der Waals surface area contributed by atoms with E-state index in [1.807, 2.05) is 0 Å². The zero-order valence-corrected chi connectivity index (χ0v) is 15.9. The van der Waals surface area contributed by atoms with Gasteiger partial charge < -0.3 is 49.9 Å². The summed E-state index contributed by atoms with van der Waals surface area (Å²) in [5, 5.41) is 56.5. The van der Waals surface area contributed by atoms with Crippen molar-refractivity contribution in [1.29, 1.82) is 0 Å². The Hall–Kier alpha value is -0.0600.